The number of aliphatic imine (C=N–C) groups is 2. The molecule has 0 spiro atoms. The molecule has 1 aromatic heterocycles. The molecule has 1 aliphatic rings. The molecule has 0 saturated carbocycles. The van der Waals surface area contributed by atoms with Crippen LogP contribution >= 0.6 is 27.7 Å². The third-order valence-electron chi connectivity index (χ3n) is 4.60. The average molecular weight is 542 g/mol. The number of carbonyl (C=O) groups excluding carboxylic acids is 1. The highest BCUT2D eigenvalue weighted by atomic mass is 79.9. The second kappa shape index (κ2) is 11.2. The summed E-state index contributed by atoms with van der Waals surface area (Å²) in [5.74, 6) is -0.634. The van der Waals surface area contributed by atoms with Gasteiger partial charge in [-0.25, -0.2) is 9.98 Å². The highest BCUT2D eigenvalue weighted by molar-refractivity contribution is 9.10. The highest BCUT2D eigenvalue weighted by Crippen LogP contribution is 2.29. The molecule has 2 aromatic carbocycles. The summed E-state index contributed by atoms with van der Waals surface area (Å²) in [5, 5.41) is 16.6. The molecule has 9 nitrogen and oxygen atoms in total. The lowest BCUT2D eigenvalue weighted by Crippen LogP contribution is -2.36. The summed E-state index contributed by atoms with van der Waals surface area (Å²) in [4.78, 5) is 23.1. The van der Waals surface area contributed by atoms with Crippen molar-refractivity contribution in [3.05, 3.63) is 76.5 Å². The third-order valence-corrected chi connectivity index (χ3v) is 6.05. The van der Waals surface area contributed by atoms with E-state index in [1.807, 2.05) is 54.6 Å². The zero-order valence-electron chi connectivity index (χ0n) is 18.1. The van der Waals surface area contributed by atoms with Crippen molar-refractivity contribution in [1.82, 2.24) is 5.27 Å². The number of para-hydroxylation sites is 1. The molecule has 34 heavy (non-hydrogen) atoms. The smallest absolute Gasteiger partial charge is 0.320 e. The number of carbonyl (C=O) groups is 1. The van der Waals surface area contributed by atoms with E-state index < -0.39 is 5.90 Å². The third kappa shape index (κ3) is 5.99. The van der Waals surface area contributed by atoms with Crippen LogP contribution in [0, 0.1) is 0 Å². The van der Waals surface area contributed by atoms with Gasteiger partial charge in [-0.3, -0.25) is 14.2 Å². The number of aromatic nitrogens is 2. The first-order valence-electron chi connectivity index (χ1n) is 10.2. The molecule has 2 heterocycles. The molecule has 11 heteroatoms. The summed E-state index contributed by atoms with van der Waals surface area (Å²) in [5.41, 5.74) is 1.79. The molecule has 0 radical (unpaired) electrons. The van der Waals surface area contributed by atoms with Crippen LogP contribution in [0.15, 0.2) is 85.5 Å². The molecule has 0 bridgehead atoms. The van der Waals surface area contributed by atoms with Gasteiger partial charge in [-0.05, 0) is 46.5 Å². The van der Waals surface area contributed by atoms with Crippen LogP contribution in [0.4, 0.5) is 11.6 Å². The standard InChI is InChI=1S/C23H20BrN5O4S/c1-32-12-11-28-14-21(33-27-28)26-20(30)15-34-23-25-19(13-16-7-9-17(24)10-8-16)22(31)29(23)18-5-3-2-4-6-18/h2-10,13-14H,11-12,15H2,1H3/b19-13+. The number of thioether (sulfide) groups is 1. The lowest BCUT2D eigenvalue weighted by Gasteiger charge is -2.18. The van der Waals surface area contributed by atoms with Gasteiger partial charge in [0.25, 0.3) is 12.1 Å². The molecule has 3 aromatic rings. The van der Waals surface area contributed by atoms with E-state index in [0.29, 0.717) is 24.0 Å². The van der Waals surface area contributed by atoms with Crippen LogP contribution < -0.4 is 14.7 Å². The first-order valence-corrected chi connectivity index (χ1v) is 12.0. The molecular weight excluding hydrogens is 522 g/mol. The number of amides is 1. The fraction of sp³-hybridized carbons (Fsp3) is 0.174. The van der Waals surface area contributed by atoms with Crippen molar-refractivity contribution in [1.29, 1.82) is 0 Å². The Bertz CT molecular complexity index is 1240. The SMILES string of the molecule is COCC[n+]1cc(/N=C(\[O-])CSC2=N/C(=C/c3ccc(Br)cc3)C(=O)N2c2ccccc2)on1. The molecule has 0 saturated heterocycles. The van der Waals surface area contributed by atoms with Gasteiger partial charge in [-0.1, -0.05) is 58.0 Å². The lowest BCUT2D eigenvalue weighted by atomic mass is 10.2. The monoisotopic (exact) mass is 541 g/mol. The average Bonchev–Trinajstić information content (AvgIpc) is 3.42. The minimum Gasteiger partial charge on any atom is -0.861 e. The summed E-state index contributed by atoms with van der Waals surface area (Å²) >= 11 is 4.53. The number of hydrogen-bond donors (Lipinski definition) is 0. The number of amidine groups is 1. The van der Waals surface area contributed by atoms with Gasteiger partial charge in [0.2, 0.25) is 11.8 Å². The number of hydrogen-bond acceptors (Lipinski definition) is 8. The van der Waals surface area contributed by atoms with E-state index in [4.69, 9.17) is 9.26 Å². The summed E-state index contributed by atoms with van der Waals surface area (Å²) in [6.45, 7) is 0.941. The van der Waals surface area contributed by atoms with Gasteiger partial charge in [-0.2, -0.15) is 0 Å². The Balaban J connectivity index is 1.53. The normalized spacial score (nSPS) is 15.3. The van der Waals surface area contributed by atoms with Crippen LogP contribution in [0.2, 0.25) is 0 Å². The fourth-order valence-corrected chi connectivity index (χ4v) is 4.07. The zero-order valence-corrected chi connectivity index (χ0v) is 20.5. The van der Waals surface area contributed by atoms with E-state index in [9.17, 15) is 9.90 Å². The minimum absolute atomic E-state index is 0.0280. The first kappa shape index (κ1) is 23.9. The van der Waals surface area contributed by atoms with Crippen LogP contribution in [0.1, 0.15) is 5.56 Å². The predicted octanol–water partition coefficient (Wildman–Crippen LogP) is 2.94. The van der Waals surface area contributed by atoms with Gasteiger partial charge >= 0.3 is 5.88 Å². The number of benzene rings is 2. The Morgan fingerprint density at radius 2 is 2.03 bits per heavy atom. The van der Waals surface area contributed by atoms with Crippen molar-refractivity contribution < 1.29 is 23.8 Å². The molecule has 0 unspecified atom stereocenters. The summed E-state index contributed by atoms with van der Waals surface area (Å²) < 4.78 is 12.5. The molecule has 0 fully saturated rings. The maximum absolute atomic E-state index is 13.2. The number of nitrogens with zero attached hydrogens (tertiary/aromatic N) is 5. The topological polar surface area (TPSA) is 107 Å². The van der Waals surface area contributed by atoms with Crippen molar-refractivity contribution in [2.24, 2.45) is 9.98 Å². The molecular formula is C23H20BrN5O4S. The zero-order chi connectivity index (χ0) is 23.9. The van der Waals surface area contributed by atoms with E-state index in [-0.39, 0.29) is 23.2 Å². The van der Waals surface area contributed by atoms with E-state index >= 15 is 0 Å². The number of halogens is 1. The van der Waals surface area contributed by atoms with Crippen LogP contribution in [0.25, 0.3) is 6.08 Å². The second-order valence-electron chi connectivity index (χ2n) is 7.04. The summed E-state index contributed by atoms with van der Waals surface area (Å²) in [6.07, 6.45) is 3.24. The van der Waals surface area contributed by atoms with Crippen LogP contribution in [0.3, 0.4) is 0 Å². The van der Waals surface area contributed by atoms with Gasteiger partial charge in [0, 0.05) is 17.3 Å². The van der Waals surface area contributed by atoms with Crippen molar-refractivity contribution in [2.75, 3.05) is 24.4 Å². The van der Waals surface area contributed by atoms with Crippen LogP contribution in [-0.2, 0) is 16.1 Å². The van der Waals surface area contributed by atoms with E-state index in [1.54, 1.807) is 13.2 Å². The van der Waals surface area contributed by atoms with E-state index in [2.05, 4.69) is 31.2 Å². The Hall–Kier alpha value is -3.28. The van der Waals surface area contributed by atoms with Crippen molar-refractivity contribution in [2.45, 2.75) is 6.54 Å². The first-order chi connectivity index (χ1) is 16.5. The van der Waals surface area contributed by atoms with Gasteiger partial charge in [0.05, 0.1) is 5.69 Å². The number of ether oxygens (including phenoxy) is 1. The molecule has 4 rings (SSSR count). The van der Waals surface area contributed by atoms with Gasteiger partial charge in [0.1, 0.15) is 12.3 Å². The van der Waals surface area contributed by atoms with Gasteiger partial charge < -0.3 is 9.84 Å². The quantitative estimate of drug-likeness (QED) is 0.188. The van der Waals surface area contributed by atoms with Crippen molar-refractivity contribution in [3.8, 4) is 0 Å². The van der Waals surface area contributed by atoms with Gasteiger partial charge in [0.15, 0.2) is 5.17 Å². The lowest BCUT2D eigenvalue weighted by molar-refractivity contribution is -0.763. The molecule has 0 N–H and O–H groups in total. The Labute approximate surface area is 208 Å². The summed E-state index contributed by atoms with van der Waals surface area (Å²) in [6, 6.07) is 16.7. The van der Waals surface area contributed by atoms with Gasteiger partial charge in [-0.15, -0.1) is 0 Å². The molecule has 1 amide bonds. The van der Waals surface area contributed by atoms with Crippen LogP contribution in [0.5, 0.6) is 0 Å². The Morgan fingerprint density at radius 3 is 2.76 bits per heavy atom. The molecule has 0 atom stereocenters. The largest absolute Gasteiger partial charge is 0.861 e. The van der Waals surface area contributed by atoms with Crippen LogP contribution in [-0.4, -0.2) is 41.7 Å². The maximum atomic E-state index is 13.2. The molecule has 174 valence electrons. The summed E-state index contributed by atoms with van der Waals surface area (Å²) in [7, 11) is 1.58. The maximum Gasteiger partial charge on any atom is 0.320 e. The van der Waals surface area contributed by atoms with Crippen molar-refractivity contribution >= 4 is 62.3 Å². The molecule has 1 aliphatic heterocycles. The van der Waals surface area contributed by atoms with E-state index in [0.717, 1.165) is 21.8 Å². The minimum atomic E-state index is -0.437. The number of rotatable bonds is 8. The molecule has 0 aliphatic carbocycles. The predicted molar refractivity (Wildman–Crippen MR) is 132 cm³/mol. The van der Waals surface area contributed by atoms with E-state index in [1.165, 1.54) is 15.8 Å². The van der Waals surface area contributed by atoms with Crippen molar-refractivity contribution in [3.63, 3.8) is 0 Å². The Kier molecular flexibility index (Phi) is 7.88. The Morgan fingerprint density at radius 1 is 1.26 bits per heavy atom. The number of anilines is 1. The number of methoxy groups -OCH3 is 1. The fourth-order valence-electron chi connectivity index (χ4n) is 3.00. The second-order valence-corrected chi connectivity index (χ2v) is 8.90. The highest BCUT2D eigenvalue weighted by Gasteiger charge is 2.31.